The molecule has 0 saturated carbocycles. The van der Waals surface area contributed by atoms with Crippen LogP contribution in [0.5, 0.6) is 0 Å². The lowest BCUT2D eigenvalue weighted by Crippen LogP contribution is -2.51. The van der Waals surface area contributed by atoms with E-state index in [2.05, 4.69) is 41.9 Å². The lowest BCUT2D eigenvalue weighted by molar-refractivity contribution is -0.125. The van der Waals surface area contributed by atoms with Crippen LogP contribution in [0.15, 0.2) is 5.10 Å². The van der Waals surface area contributed by atoms with E-state index in [1.54, 1.807) is 4.90 Å². The number of hydrogen-bond donors (Lipinski definition) is 3. The first-order chi connectivity index (χ1) is 11.2. The first-order valence-electron chi connectivity index (χ1n) is 8.44. The number of rotatable bonds is 3. The van der Waals surface area contributed by atoms with E-state index in [1.807, 2.05) is 0 Å². The van der Waals surface area contributed by atoms with E-state index in [4.69, 9.17) is 0 Å². The molecular formula is C16H27N5O3. The number of amides is 4. The largest absolute Gasteiger partial charge is 0.338 e. The van der Waals surface area contributed by atoms with Gasteiger partial charge in [0.2, 0.25) is 5.91 Å². The summed E-state index contributed by atoms with van der Waals surface area (Å²) in [6, 6.07) is -0.0870. The number of piperidine rings is 1. The molecule has 3 N–H and O–H groups in total. The molecule has 8 nitrogen and oxygen atoms in total. The first-order valence-corrected chi connectivity index (χ1v) is 8.44. The molecule has 0 spiro atoms. The van der Waals surface area contributed by atoms with Gasteiger partial charge in [-0.05, 0) is 18.3 Å². The molecule has 8 heteroatoms. The Balaban J connectivity index is 1.74. The summed E-state index contributed by atoms with van der Waals surface area (Å²) in [7, 11) is 0. The summed E-state index contributed by atoms with van der Waals surface area (Å²) in [6.07, 6.45) is 2.12. The minimum atomic E-state index is -0.158. The van der Waals surface area contributed by atoms with Crippen molar-refractivity contribution in [3.05, 3.63) is 0 Å². The average molecular weight is 337 g/mol. The number of urea groups is 1. The third-order valence-electron chi connectivity index (χ3n) is 4.05. The second kappa shape index (κ2) is 7.63. The van der Waals surface area contributed by atoms with Gasteiger partial charge in [-0.25, -0.2) is 10.2 Å². The first kappa shape index (κ1) is 18.2. The van der Waals surface area contributed by atoms with Crippen molar-refractivity contribution in [1.82, 2.24) is 21.0 Å². The van der Waals surface area contributed by atoms with Crippen molar-refractivity contribution >= 4 is 23.6 Å². The van der Waals surface area contributed by atoms with Crippen LogP contribution in [0.25, 0.3) is 0 Å². The van der Waals surface area contributed by atoms with E-state index < -0.39 is 0 Å². The number of carbonyl (C=O) groups excluding carboxylic acids is 3. The zero-order chi connectivity index (χ0) is 17.7. The van der Waals surface area contributed by atoms with E-state index in [-0.39, 0.29) is 29.3 Å². The summed E-state index contributed by atoms with van der Waals surface area (Å²) < 4.78 is 0. The molecule has 2 aliphatic heterocycles. The zero-order valence-corrected chi connectivity index (χ0v) is 14.6. The maximum atomic E-state index is 12.3. The van der Waals surface area contributed by atoms with Crippen molar-refractivity contribution in [3.63, 3.8) is 0 Å². The molecule has 4 amide bonds. The molecule has 2 rings (SSSR count). The summed E-state index contributed by atoms with van der Waals surface area (Å²) in [5.41, 5.74) is 2.80. The minimum Gasteiger partial charge on any atom is -0.338 e. The van der Waals surface area contributed by atoms with Crippen LogP contribution in [0, 0.1) is 5.41 Å². The summed E-state index contributed by atoms with van der Waals surface area (Å²) >= 11 is 0. The Labute approximate surface area is 142 Å². The quantitative estimate of drug-likeness (QED) is 0.702. The predicted molar refractivity (Wildman–Crippen MR) is 90.4 cm³/mol. The SMILES string of the molecule is CC(C)(C)CNC(=O)NC1CCN(C(=O)C2=NNC(=O)CC2)CC1. The Hall–Kier alpha value is -2.12. The molecule has 0 aromatic carbocycles. The molecule has 0 aromatic rings. The second-order valence-electron chi connectivity index (χ2n) is 7.55. The third kappa shape index (κ3) is 5.50. The van der Waals surface area contributed by atoms with Gasteiger partial charge in [-0.3, -0.25) is 9.59 Å². The number of nitrogens with zero attached hydrogens (tertiary/aromatic N) is 2. The highest BCUT2D eigenvalue weighted by atomic mass is 16.2. The van der Waals surface area contributed by atoms with Crippen LogP contribution in [-0.2, 0) is 9.59 Å². The molecule has 0 aliphatic carbocycles. The van der Waals surface area contributed by atoms with Crippen LogP contribution in [0.3, 0.4) is 0 Å². The fraction of sp³-hybridized carbons (Fsp3) is 0.750. The predicted octanol–water partition coefficient (Wildman–Crippen LogP) is 0.589. The van der Waals surface area contributed by atoms with E-state index in [1.165, 1.54) is 0 Å². The van der Waals surface area contributed by atoms with E-state index in [0.717, 1.165) is 0 Å². The molecule has 134 valence electrons. The van der Waals surface area contributed by atoms with Crippen LogP contribution < -0.4 is 16.1 Å². The molecule has 0 unspecified atom stereocenters. The maximum absolute atomic E-state index is 12.3. The smallest absolute Gasteiger partial charge is 0.315 e. The topological polar surface area (TPSA) is 103 Å². The van der Waals surface area contributed by atoms with Crippen molar-refractivity contribution < 1.29 is 14.4 Å². The average Bonchev–Trinajstić information content (AvgIpc) is 2.53. The fourth-order valence-corrected chi connectivity index (χ4v) is 2.62. The van der Waals surface area contributed by atoms with Crippen LogP contribution in [0.2, 0.25) is 0 Å². The summed E-state index contributed by atoms with van der Waals surface area (Å²) in [5.74, 6) is -0.277. The number of nitrogens with one attached hydrogen (secondary N) is 3. The molecule has 2 heterocycles. The minimum absolute atomic E-state index is 0.0449. The van der Waals surface area contributed by atoms with Gasteiger partial charge in [0.05, 0.1) is 0 Å². The number of hydrazone groups is 1. The molecule has 0 aromatic heterocycles. The normalized spacial score (nSPS) is 19.4. The summed E-state index contributed by atoms with van der Waals surface area (Å²) in [6.45, 7) is 7.96. The van der Waals surface area contributed by atoms with Gasteiger partial charge in [-0.15, -0.1) is 0 Å². The Morgan fingerprint density at radius 3 is 2.46 bits per heavy atom. The van der Waals surface area contributed by atoms with Crippen molar-refractivity contribution in [3.8, 4) is 0 Å². The van der Waals surface area contributed by atoms with Gasteiger partial charge in [0, 0.05) is 38.5 Å². The van der Waals surface area contributed by atoms with Gasteiger partial charge in [-0.1, -0.05) is 20.8 Å². The van der Waals surface area contributed by atoms with Gasteiger partial charge in [0.15, 0.2) is 0 Å². The molecule has 1 fully saturated rings. The highest BCUT2D eigenvalue weighted by Gasteiger charge is 2.28. The van der Waals surface area contributed by atoms with Crippen molar-refractivity contribution in [1.29, 1.82) is 0 Å². The molecule has 1 saturated heterocycles. The Morgan fingerprint density at radius 1 is 1.25 bits per heavy atom. The number of hydrogen-bond acceptors (Lipinski definition) is 4. The zero-order valence-electron chi connectivity index (χ0n) is 14.6. The van der Waals surface area contributed by atoms with Gasteiger partial charge in [0.25, 0.3) is 5.91 Å². The Kier molecular flexibility index (Phi) is 5.80. The Bertz CT molecular complexity index is 530. The molecule has 24 heavy (non-hydrogen) atoms. The molecule has 2 aliphatic rings. The molecular weight excluding hydrogens is 310 g/mol. The van der Waals surface area contributed by atoms with Crippen LogP contribution in [-0.4, -0.2) is 54.1 Å². The monoisotopic (exact) mass is 337 g/mol. The molecule has 0 atom stereocenters. The number of likely N-dealkylation sites (tertiary alicyclic amines) is 1. The fourth-order valence-electron chi connectivity index (χ4n) is 2.62. The molecule has 0 bridgehead atoms. The van der Waals surface area contributed by atoms with Crippen molar-refractivity contribution in [2.45, 2.75) is 52.5 Å². The highest BCUT2D eigenvalue weighted by molar-refractivity contribution is 6.39. The maximum Gasteiger partial charge on any atom is 0.315 e. The van der Waals surface area contributed by atoms with E-state index in [9.17, 15) is 14.4 Å². The second-order valence-corrected chi connectivity index (χ2v) is 7.55. The standard InChI is InChI=1S/C16H27N5O3/c1-16(2,3)10-17-15(24)18-11-6-8-21(9-7-11)14(23)12-4-5-13(22)20-19-12/h11H,4-10H2,1-3H3,(H,20,22)(H2,17,18,24). The van der Waals surface area contributed by atoms with Crippen molar-refractivity contribution in [2.24, 2.45) is 10.5 Å². The van der Waals surface area contributed by atoms with Crippen LogP contribution >= 0.6 is 0 Å². The lowest BCUT2D eigenvalue weighted by atomic mass is 9.97. The van der Waals surface area contributed by atoms with Gasteiger partial charge in [0.1, 0.15) is 5.71 Å². The van der Waals surface area contributed by atoms with Gasteiger partial charge < -0.3 is 15.5 Å². The van der Waals surface area contributed by atoms with Gasteiger partial charge in [-0.2, -0.15) is 5.10 Å². The van der Waals surface area contributed by atoms with E-state index >= 15 is 0 Å². The van der Waals surface area contributed by atoms with Crippen molar-refractivity contribution in [2.75, 3.05) is 19.6 Å². The Morgan fingerprint density at radius 2 is 1.92 bits per heavy atom. The summed E-state index contributed by atoms with van der Waals surface area (Å²) in [5, 5.41) is 9.68. The van der Waals surface area contributed by atoms with E-state index in [0.29, 0.717) is 51.0 Å². The number of carbonyl (C=O) groups is 3. The third-order valence-corrected chi connectivity index (χ3v) is 4.05. The summed E-state index contributed by atoms with van der Waals surface area (Å²) in [4.78, 5) is 37.1. The molecule has 0 radical (unpaired) electrons. The lowest BCUT2D eigenvalue weighted by Gasteiger charge is -2.33. The van der Waals surface area contributed by atoms with Gasteiger partial charge >= 0.3 is 6.03 Å². The van der Waals surface area contributed by atoms with Crippen LogP contribution in [0.4, 0.5) is 4.79 Å². The van der Waals surface area contributed by atoms with Crippen LogP contribution in [0.1, 0.15) is 46.5 Å². The highest BCUT2D eigenvalue weighted by Crippen LogP contribution is 2.13.